The van der Waals surface area contributed by atoms with Crippen molar-refractivity contribution in [2.45, 2.75) is 25.3 Å². The lowest BCUT2D eigenvalue weighted by Crippen LogP contribution is -2.12. The minimum Gasteiger partial charge on any atom is -0.506 e. The Morgan fingerprint density at radius 1 is 1.29 bits per heavy atom. The third-order valence-electron chi connectivity index (χ3n) is 2.84. The lowest BCUT2D eigenvalue weighted by atomic mass is 10.0. The first kappa shape index (κ1) is 15.8. The molecule has 0 aliphatic heterocycles. The summed E-state index contributed by atoms with van der Waals surface area (Å²) in [6.07, 6.45) is 3.55. The number of hydrogen-bond donors (Lipinski definition) is 2. The Hall–Kier alpha value is 0.710. The molecular weight excluding hydrogens is 437 g/mol. The first-order valence-corrected chi connectivity index (χ1v) is 7.50. The van der Waals surface area contributed by atoms with E-state index in [9.17, 15) is 5.11 Å². The summed E-state index contributed by atoms with van der Waals surface area (Å²) in [6.45, 7) is 0. The molecule has 96 valence electrons. The van der Waals surface area contributed by atoms with Gasteiger partial charge in [-0.15, -0.1) is 12.4 Å². The van der Waals surface area contributed by atoms with Crippen molar-refractivity contribution in [1.29, 1.82) is 0 Å². The Bertz CT molecular complexity index is 424. The maximum absolute atomic E-state index is 9.84. The van der Waals surface area contributed by atoms with Crippen molar-refractivity contribution in [3.63, 3.8) is 0 Å². The molecule has 0 aromatic heterocycles. The van der Waals surface area contributed by atoms with E-state index in [2.05, 4.69) is 47.8 Å². The normalized spacial score (nSPS) is 16.5. The molecule has 1 aromatic rings. The molecule has 1 aliphatic rings. The second-order valence-corrected chi connectivity index (χ2v) is 6.70. The van der Waals surface area contributed by atoms with Crippen LogP contribution >= 0.6 is 60.2 Å². The average molecular weight is 450 g/mol. The van der Waals surface area contributed by atoms with E-state index in [4.69, 9.17) is 5.73 Å². The van der Waals surface area contributed by atoms with E-state index in [1.165, 1.54) is 12.8 Å². The summed E-state index contributed by atoms with van der Waals surface area (Å²) in [7, 11) is 0. The first-order valence-electron chi connectivity index (χ1n) is 5.12. The van der Waals surface area contributed by atoms with Crippen LogP contribution in [0.3, 0.4) is 0 Å². The van der Waals surface area contributed by atoms with Gasteiger partial charge in [0.2, 0.25) is 0 Å². The Morgan fingerprint density at radius 3 is 2.41 bits per heavy atom. The van der Waals surface area contributed by atoms with Crippen LogP contribution in [0.25, 0.3) is 0 Å². The molecule has 17 heavy (non-hydrogen) atoms. The SMILES string of the molecule is Cl.N[C@H](CC1CC1)c1c(Br)cc(Br)c(O)c1Br. The molecule has 6 heteroatoms. The fourth-order valence-corrected chi connectivity index (χ4v) is 4.47. The maximum Gasteiger partial charge on any atom is 0.144 e. The minimum atomic E-state index is -0.0322. The van der Waals surface area contributed by atoms with E-state index < -0.39 is 0 Å². The van der Waals surface area contributed by atoms with E-state index in [0.29, 0.717) is 8.95 Å². The Balaban J connectivity index is 0.00000144. The number of nitrogens with two attached hydrogens (primary N) is 1. The van der Waals surface area contributed by atoms with Crippen LogP contribution in [0.5, 0.6) is 5.75 Å². The van der Waals surface area contributed by atoms with E-state index in [0.717, 1.165) is 22.4 Å². The molecule has 0 spiro atoms. The molecule has 1 saturated carbocycles. The van der Waals surface area contributed by atoms with Gasteiger partial charge in [0.1, 0.15) is 5.75 Å². The van der Waals surface area contributed by atoms with Gasteiger partial charge in [-0.25, -0.2) is 0 Å². The van der Waals surface area contributed by atoms with Crippen molar-refractivity contribution in [2.75, 3.05) is 0 Å². The number of rotatable bonds is 3. The highest BCUT2D eigenvalue weighted by Crippen LogP contribution is 2.45. The van der Waals surface area contributed by atoms with E-state index >= 15 is 0 Å². The summed E-state index contributed by atoms with van der Waals surface area (Å²) in [5, 5.41) is 9.84. The monoisotopic (exact) mass is 447 g/mol. The maximum atomic E-state index is 9.84. The smallest absolute Gasteiger partial charge is 0.144 e. The minimum absolute atomic E-state index is 0. The third kappa shape index (κ3) is 3.60. The zero-order valence-electron chi connectivity index (χ0n) is 8.92. The highest BCUT2D eigenvalue weighted by molar-refractivity contribution is 9.11. The van der Waals surface area contributed by atoms with Gasteiger partial charge in [-0.2, -0.15) is 0 Å². The van der Waals surface area contributed by atoms with Gasteiger partial charge in [-0.3, -0.25) is 0 Å². The highest BCUT2D eigenvalue weighted by atomic mass is 79.9. The number of hydrogen-bond acceptors (Lipinski definition) is 2. The van der Waals surface area contributed by atoms with Crippen LogP contribution in [0.1, 0.15) is 30.9 Å². The predicted molar refractivity (Wildman–Crippen MR) is 82.7 cm³/mol. The molecule has 1 atom stereocenters. The third-order valence-corrected chi connectivity index (χ3v) is 4.90. The largest absolute Gasteiger partial charge is 0.506 e. The molecule has 0 unspecified atom stereocenters. The number of benzene rings is 1. The quantitative estimate of drug-likeness (QED) is 0.688. The van der Waals surface area contributed by atoms with Gasteiger partial charge in [0.15, 0.2) is 0 Å². The van der Waals surface area contributed by atoms with Crippen LogP contribution in [-0.2, 0) is 0 Å². The van der Waals surface area contributed by atoms with E-state index in [-0.39, 0.29) is 24.2 Å². The van der Waals surface area contributed by atoms with Crippen molar-refractivity contribution in [2.24, 2.45) is 11.7 Å². The van der Waals surface area contributed by atoms with Gasteiger partial charge in [-0.05, 0) is 50.3 Å². The van der Waals surface area contributed by atoms with Gasteiger partial charge in [-0.1, -0.05) is 28.8 Å². The number of phenolic OH excluding ortho intramolecular Hbond substituents is 1. The summed E-state index contributed by atoms with van der Waals surface area (Å²) in [4.78, 5) is 0. The molecule has 0 bridgehead atoms. The standard InChI is InChI=1S/C11H12Br3NO.ClH/c12-6-4-7(13)11(16)10(14)9(6)8(15)3-5-1-2-5;/h4-5,8,16H,1-3,15H2;1H/t8-;/m1./s1. The Morgan fingerprint density at radius 2 is 1.88 bits per heavy atom. The summed E-state index contributed by atoms with van der Waals surface area (Å²) in [5.41, 5.74) is 7.12. The molecule has 1 fully saturated rings. The Labute approximate surface area is 132 Å². The summed E-state index contributed by atoms with van der Waals surface area (Å²) >= 11 is 10.2. The van der Waals surface area contributed by atoms with Gasteiger partial charge < -0.3 is 10.8 Å². The molecule has 2 nitrogen and oxygen atoms in total. The van der Waals surface area contributed by atoms with Gasteiger partial charge >= 0.3 is 0 Å². The summed E-state index contributed by atoms with van der Waals surface area (Å²) in [5.74, 6) is 0.976. The van der Waals surface area contributed by atoms with Crippen LogP contribution in [0.4, 0.5) is 0 Å². The van der Waals surface area contributed by atoms with E-state index in [1.807, 2.05) is 6.07 Å². The average Bonchev–Trinajstić information content (AvgIpc) is 2.98. The van der Waals surface area contributed by atoms with Gasteiger partial charge in [0, 0.05) is 16.1 Å². The van der Waals surface area contributed by atoms with Crippen LogP contribution < -0.4 is 5.73 Å². The van der Waals surface area contributed by atoms with Crippen molar-refractivity contribution in [3.05, 3.63) is 25.0 Å². The zero-order chi connectivity index (χ0) is 11.9. The fraction of sp³-hybridized carbons (Fsp3) is 0.455. The van der Waals surface area contributed by atoms with Crippen LogP contribution in [0.2, 0.25) is 0 Å². The van der Waals surface area contributed by atoms with Gasteiger partial charge in [0.25, 0.3) is 0 Å². The van der Waals surface area contributed by atoms with Crippen molar-refractivity contribution >= 4 is 60.2 Å². The van der Waals surface area contributed by atoms with Crippen molar-refractivity contribution in [3.8, 4) is 5.75 Å². The molecular formula is C11H13Br3ClNO. The lowest BCUT2D eigenvalue weighted by Gasteiger charge is -2.17. The molecule has 3 N–H and O–H groups in total. The molecule has 0 heterocycles. The first-order chi connectivity index (χ1) is 7.50. The molecule has 0 amide bonds. The zero-order valence-corrected chi connectivity index (χ0v) is 14.5. The van der Waals surface area contributed by atoms with Crippen LogP contribution in [0, 0.1) is 5.92 Å². The fourth-order valence-electron chi connectivity index (χ4n) is 1.77. The number of aromatic hydroxyl groups is 1. The topological polar surface area (TPSA) is 46.2 Å². The second kappa shape index (κ2) is 6.24. The summed E-state index contributed by atoms with van der Waals surface area (Å²) in [6, 6.07) is 1.80. The van der Waals surface area contributed by atoms with E-state index in [1.54, 1.807) is 0 Å². The number of halogens is 4. The van der Waals surface area contributed by atoms with Crippen LogP contribution in [-0.4, -0.2) is 5.11 Å². The molecule has 0 radical (unpaired) electrons. The highest BCUT2D eigenvalue weighted by Gasteiger charge is 2.27. The number of phenols is 1. The van der Waals surface area contributed by atoms with Crippen molar-refractivity contribution < 1.29 is 5.11 Å². The van der Waals surface area contributed by atoms with Gasteiger partial charge in [0.05, 0.1) is 8.95 Å². The Kier molecular flexibility index (Phi) is 5.79. The van der Waals surface area contributed by atoms with Crippen LogP contribution in [0.15, 0.2) is 19.5 Å². The molecule has 2 rings (SSSR count). The van der Waals surface area contributed by atoms with Crippen molar-refractivity contribution in [1.82, 2.24) is 0 Å². The second-order valence-electron chi connectivity index (χ2n) is 4.20. The molecule has 1 aromatic carbocycles. The lowest BCUT2D eigenvalue weighted by molar-refractivity contribution is 0.465. The molecule has 0 saturated heterocycles. The predicted octanol–water partition coefficient (Wildman–Crippen LogP) is 4.90. The molecule has 1 aliphatic carbocycles. The summed E-state index contributed by atoms with van der Waals surface area (Å²) < 4.78 is 2.27.